The molecule has 1 atom stereocenters. The quantitative estimate of drug-likeness (QED) is 0.841. The zero-order chi connectivity index (χ0) is 15.5. The highest BCUT2D eigenvalue weighted by Crippen LogP contribution is 2.43. The van der Waals surface area contributed by atoms with Crippen molar-refractivity contribution in [3.63, 3.8) is 0 Å². The summed E-state index contributed by atoms with van der Waals surface area (Å²) in [6.45, 7) is 6.97. The molecule has 116 valence electrons. The van der Waals surface area contributed by atoms with E-state index in [1.807, 2.05) is 0 Å². The van der Waals surface area contributed by atoms with Crippen molar-refractivity contribution < 1.29 is 4.79 Å². The third kappa shape index (κ3) is 3.46. The van der Waals surface area contributed by atoms with Crippen LogP contribution in [0.5, 0.6) is 0 Å². The van der Waals surface area contributed by atoms with Crippen LogP contribution >= 0.6 is 0 Å². The van der Waals surface area contributed by atoms with Crippen molar-refractivity contribution >= 4 is 5.91 Å². The van der Waals surface area contributed by atoms with E-state index < -0.39 is 0 Å². The molecule has 0 aromatic heterocycles. The largest absolute Gasteiger partial charge is 0.354 e. The third-order valence-electron chi connectivity index (χ3n) is 4.98. The van der Waals surface area contributed by atoms with E-state index in [2.05, 4.69) is 50.4 Å². The third-order valence-corrected chi connectivity index (χ3v) is 4.98. The first kappa shape index (κ1) is 16.0. The Kier molecular flexibility index (Phi) is 5.04. The van der Waals surface area contributed by atoms with Crippen LogP contribution in [0.3, 0.4) is 0 Å². The number of nitrogens with two attached hydrogens (primary N) is 1. The van der Waals surface area contributed by atoms with E-state index in [1.165, 1.54) is 12.0 Å². The number of hydrogen-bond acceptors (Lipinski definition) is 2. The molecule has 0 bridgehead atoms. The maximum absolute atomic E-state index is 12.3. The number of rotatable bonds is 6. The Morgan fingerprint density at radius 3 is 2.24 bits per heavy atom. The zero-order valence-corrected chi connectivity index (χ0v) is 13.5. The van der Waals surface area contributed by atoms with Gasteiger partial charge >= 0.3 is 0 Å². The number of carbonyl (C=O) groups excluding carboxylic acids is 1. The van der Waals surface area contributed by atoms with E-state index >= 15 is 0 Å². The predicted molar refractivity (Wildman–Crippen MR) is 87.0 cm³/mol. The van der Waals surface area contributed by atoms with Crippen molar-refractivity contribution in [1.29, 1.82) is 0 Å². The second kappa shape index (κ2) is 6.61. The van der Waals surface area contributed by atoms with E-state index in [0.717, 1.165) is 24.8 Å². The Balaban J connectivity index is 1.89. The van der Waals surface area contributed by atoms with Gasteiger partial charge in [-0.25, -0.2) is 0 Å². The van der Waals surface area contributed by atoms with E-state index in [-0.39, 0.29) is 17.4 Å². The standard InChI is InChI=1S/C18H28N2O/c1-4-18(10-5-11-18)17(21)20-12-16(19)15-8-6-14(7-9-15)13(2)3/h6-9,13,16H,4-5,10-12,19H2,1-3H3,(H,20,21). The molecule has 0 saturated heterocycles. The number of nitrogens with one attached hydrogen (secondary N) is 1. The SMILES string of the molecule is CCC1(C(=O)NCC(N)c2ccc(C(C)C)cc2)CCC1. The molecule has 1 saturated carbocycles. The Morgan fingerprint density at radius 1 is 1.24 bits per heavy atom. The van der Waals surface area contributed by atoms with Crippen molar-refractivity contribution in [2.45, 2.75) is 58.4 Å². The molecule has 1 unspecified atom stereocenters. The highest BCUT2D eigenvalue weighted by molar-refractivity contribution is 5.83. The van der Waals surface area contributed by atoms with Crippen LogP contribution < -0.4 is 11.1 Å². The molecule has 0 spiro atoms. The molecule has 21 heavy (non-hydrogen) atoms. The molecule has 1 aromatic rings. The lowest BCUT2D eigenvalue weighted by Crippen LogP contribution is -2.47. The summed E-state index contributed by atoms with van der Waals surface area (Å²) in [5.74, 6) is 0.712. The van der Waals surface area contributed by atoms with E-state index in [4.69, 9.17) is 5.73 Å². The lowest BCUT2D eigenvalue weighted by Gasteiger charge is -2.39. The average molecular weight is 288 g/mol. The summed E-state index contributed by atoms with van der Waals surface area (Å²) in [5.41, 5.74) is 8.49. The molecular formula is C18H28N2O. The van der Waals surface area contributed by atoms with Gasteiger partial charge in [0.2, 0.25) is 5.91 Å². The minimum Gasteiger partial charge on any atom is -0.354 e. The zero-order valence-electron chi connectivity index (χ0n) is 13.5. The van der Waals surface area contributed by atoms with Crippen molar-refractivity contribution in [1.82, 2.24) is 5.32 Å². The lowest BCUT2D eigenvalue weighted by atomic mass is 9.66. The van der Waals surface area contributed by atoms with Crippen molar-refractivity contribution in [2.75, 3.05) is 6.54 Å². The minimum absolute atomic E-state index is 0.110. The number of benzene rings is 1. The molecule has 3 heteroatoms. The Labute approximate surface area is 128 Å². The number of hydrogen-bond donors (Lipinski definition) is 2. The summed E-state index contributed by atoms with van der Waals surface area (Å²) in [5, 5.41) is 3.05. The molecule has 1 aliphatic rings. The van der Waals surface area contributed by atoms with Crippen molar-refractivity contribution in [3.05, 3.63) is 35.4 Å². The van der Waals surface area contributed by atoms with Crippen LogP contribution in [0.4, 0.5) is 0 Å². The Morgan fingerprint density at radius 2 is 1.81 bits per heavy atom. The fraction of sp³-hybridized carbons (Fsp3) is 0.611. The van der Waals surface area contributed by atoms with E-state index in [0.29, 0.717) is 12.5 Å². The maximum atomic E-state index is 12.3. The van der Waals surface area contributed by atoms with Crippen molar-refractivity contribution in [3.8, 4) is 0 Å². The van der Waals surface area contributed by atoms with Gasteiger partial charge in [0.15, 0.2) is 0 Å². The fourth-order valence-corrected chi connectivity index (χ4v) is 2.98. The maximum Gasteiger partial charge on any atom is 0.226 e. The molecular weight excluding hydrogens is 260 g/mol. The molecule has 1 fully saturated rings. The molecule has 0 aliphatic heterocycles. The van der Waals surface area contributed by atoms with Gasteiger partial charge in [-0.1, -0.05) is 51.5 Å². The summed E-state index contributed by atoms with van der Waals surface area (Å²) in [6.07, 6.45) is 4.14. The highest BCUT2D eigenvalue weighted by atomic mass is 16.2. The molecule has 2 rings (SSSR count). The molecule has 0 heterocycles. The van der Waals surface area contributed by atoms with Crippen molar-refractivity contribution in [2.24, 2.45) is 11.1 Å². The van der Waals surface area contributed by atoms with E-state index in [1.54, 1.807) is 0 Å². The minimum atomic E-state index is -0.135. The van der Waals surface area contributed by atoms with Gasteiger partial charge in [-0.15, -0.1) is 0 Å². The van der Waals surface area contributed by atoms with Gasteiger partial charge in [0.25, 0.3) is 0 Å². The lowest BCUT2D eigenvalue weighted by molar-refractivity contribution is -0.136. The molecule has 1 aromatic carbocycles. The van der Waals surface area contributed by atoms with Gasteiger partial charge in [-0.3, -0.25) is 4.79 Å². The van der Waals surface area contributed by atoms with Crippen LogP contribution in [0.2, 0.25) is 0 Å². The summed E-state index contributed by atoms with van der Waals surface area (Å²) < 4.78 is 0. The molecule has 1 amide bonds. The molecule has 1 aliphatic carbocycles. The smallest absolute Gasteiger partial charge is 0.226 e. The van der Waals surface area contributed by atoms with Crippen LogP contribution in [-0.4, -0.2) is 12.5 Å². The monoisotopic (exact) mass is 288 g/mol. The summed E-state index contributed by atoms with van der Waals surface area (Å²) in [4.78, 5) is 12.3. The average Bonchev–Trinajstić information content (AvgIpc) is 2.44. The summed E-state index contributed by atoms with van der Waals surface area (Å²) in [6, 6.07) is 8.27. The summed E-state index contributed by atoms with van der Waals surface area (Å²) >= 11 is 0. The van der Waals surface area contributed by atoms with E-state index in [9.17, 15) is 4.79 Å². The van der Waals surface area contributed by atoms with Gasteiger partial charge in [0.1, 0.15) is 0 Å². The van der Waals surface area contributed by atoms with Gasteiger partial charge in [-0.2, -0.15) is 0 Å². The fourth-order valence-electron chi connectivity index (χ4n) is 2.98. The number of amides is 1. The van der Waals surface area contributed by atoms with Gasteiger partial charge in [-0.05, 0) is 36.3 Å². The summed E-state index contributed by atoms with van der Waals surface area (Å²) in [7, 11) is 0. The van der Waals surface area contributed by atoms with Gasteiger partial charge in [0.05, 0.1) is 0 Å². The normalized spacial score (nSPS) is 18.1. The second-order valence-corrected chi connectivity index (χ2v) is 6.63. The van der Waals surface area contributed by atoms with Gasteiger partial charge in [0, 0.05) is 18.0 Å². The first-order valence-electron chi connectivity index (χ1n) is 8.12. The Bertz CT molecular complexity index is 469. The predicted octanol–water partition coefficient (Wildman–Crippen LogP) is 3.51. The molecule has 3 N–H and O–H groups in total. The molecule has 3 nitrogen and oxygen atoms in total. The first-order chi connectivity index (χ1) is 9.98. The second-order valence-electron chi connectivity index (χ2n) is 6.63. The first-order valence-corrected chi connectivity index (χ1v) is 8.12. The van der Waals surface area contributed by atoms with Crippen LogP contribution in [0, 0.1) is 5.41 Å². The number of carbonyl (C=O) groups is 1. The van der Waals surface area contributed by atoms with Crippen LogP contribution in [0.25, 0.3) is 0 Å². The molecule has 0 radical (unpaired) electrons. The topological polar surface area (TPSA) is 55.1 Å². The Hall–Kier alpha value is -1.35. The van der Waals surface area contributed by atoms with Crippen LogP contribution in [-0.2, 0) is 4.79 Å². The van der Waals surface area contributed by atoms with Crippen LogP contribution in [0.15, 0.2) is 24.3 Å². The van der Waals surface area contributed by atoms with Gasteiger partial charge < -0.3 is 11.1 Å². The van der Waals surface area contributed by atoms with Crippen LogP contribution in [0.1, 0.15) is 69.5 Å². The highest BCUT2D eigenvalue weighted by Gasteiger charge is 2.42.